The molecule has 0 radical (unpaired) electrons. The molecule has 0 aliphatic heterocycles. The van der Waals surface area contributed by atoms with Crippen LogP contribution in [0.3, 0.4) is 0 Å². The molecule has 2 nitrogen and oxygen atoms in total. The van der Waals surface area contributed by atoms with Crippen molar-refractivity contribution in [1.82, 2.24) is 5.32 Å². The molecular formula is C15H20N2. The first-order valence-corrected chi connectivity index (χ1v) is 6.61. The van der Waals surface area contributed by atoms with Gasteiger partial charge < -0.3 is 5.32 Å². The lowest BCUT2D eigenvalue weighted by molar-refractivity contribution is 0.459. The minimum atomic E-state index is 0.670. The Morgan fingerprint density at radius 3 is 2.65 bits per heavy atom. The maximum atomic E-state index is 8.85. The van der Waals surface area contributed by atoms with E-state index >= 15 is 0 Å². The zero-order chi connectivity index (χ0) is 11.9. The first kappa shape index (κ1) is 12.1. The lowest BCUT2D eigenvalue weighted by Crippen LogP contribution is -2.27. The van der Waals surface area contributed by atoms with Crippen molar-refractivity contribution in [1.29, 1.82) is 5.26 Å². The van der Waals surface area contributed by atoms with Crippen molar-refractivity contribution in [2.24, 2.45) is 0 Å². The lowest BCUT2D eigenvalue weighted by atomic mass is 10.1. The SMILES string of the molecule is N#Cc1cccc(CNC2CCCCCC2)c1. The molecule has 2 rings (SSSR count). The summed E-state index contributed by atoms with van der Waals surface area (Å²) in [6, 6.07) is 10.7. The second-order valence-corrected chi connectivity index (χ2v) is 4.88. The monoisotopic (exact) mass is 228 g/mol. The maximum absolute atomic E-state index is 8.85. The van der Waals surface area contributed by atoms with Crippen molar-refractivity contribution in [2.75, 3.05) is 0 Å². The van der Waals surface area contributed by atoms with Gasteiger partial charge >= 0.3 is 0 Å². The molecule has 0 amide bonds. The average molecular weight is 228 g/mol. The first-order chi connectivity index (χ1) is 8.38. The van der Waals surface area contributed by atoms with E-state index in [2.05, 4.69) is 17.5 Å². The molecule has 1 fully saturated rings. The van der Waals surface area contributed by atoms with Crippen LogP contribution in [0, 0.1) is 11.3 Å². The van der Waals surface area contributed by atoms with Gasteiger partial charge in [-0.1, -0.05) is 37.8 Å². The largest absolute Gasteiger partial charge is 0.310 e. The molecule has 0 unspecified atom stereocenters. The van der Waals surface area contributed by atoms with Crippen LogP contribution in [0.15, 0.2) is 24.3 Å². The molecule has 1 aliphatic rings. The number of rotatable bonds is 3. The van der Waals surface area contributed by atoms with Crippen molar-refractivity contribution in [3.8, 4) is 6.07 Å². The van der Waals surface area contributed by atoms with Gasteiger partial charge in [-0.05, 0) is 30.5 Å². The molecule has 2 heteroatoms. The van der Waals surface area contributed by atoms with E-state index in [4.69, 9.17) is 5.26 Å². The molecule has 1 N–H and O–H groups in total. The topological polar surface area (TPSA) is 35.8 Å². The Morgan fingerprint density at radius 2 is 1.94 bits per heavy atom. The van der Waals surface area contributed by atoms with Crippen LogP contribution >= 0.6 is 0 Å². The van der Waals surface area contributed by atoms with Crippen LogP contribution in [-0.4, -0.2) is 6.04 Å². The molecule has 0 saturated heterocycles. The van der Waals surface area contributed by atoms with Crippen LogP contribution in [0.2, 0.25) is 0 Å². The highest BCUT2D eigenvalue weighted by Crippen LogP contribution is 2.17. The van der Waals surface area contributed by atoms with Gasteiger partial charge in [0.25, 0.3) is 0 Å². The number of nitrogens with zero attached hydrogens (tertiary/aromatic N) is 1. The van der Waals surface area contributed by atoms with Crippen LogP contribution in [0.1, 0.15) is 49.7 Å². The van der Waals surface area contributed by atoms with Crippen LogP contribution < -0.4 is 5.32 Å². The van der Waals surface area contributed by atoms with Gasteiger partial charge in [0, 0.05) is 12.6 Å². The summed E-state index contributed by atoms with van der Waals surface area (Å²) in [6.45, 7) is 0.889. The third kappa shape index (κ3) is 3.87. The summed E-state index contributed by atoms with van der Waals surface area (Å²) in [6.07, 6.45) is 8.10. The molecule has 90 valence electrons. The Bertz CT molecular complexity index is 384. The summed E-state index contributed by atoms with van der Waals surface area (Å²) in [5.74, 6) is 0. The zero-order valence-electron chi connectivity index (χ0n) is 10.3. The molecule has 0 aromatic heterocycles. The maximum Gasteiger partial charge on any atom is 0.0991 e. The van der Waals surface area contributed by atoms with E-state index < -0.39 is 0 Å². The molecule has 1 aromatic rings. The van der Waals surface area contributed by atoms with E-state index in [1.54, 1.807) is 0 Å². The fourth-order valence-electron chi connectivity index (χ4n) is 2.50. The molecule has 0 heterocycles. The predicted octanol–water partition coefficient (Wildman–Crippen LogP) is 3.37. The molecule has 1 aromatic carbocycles. The molecule has 0 bridgehead atoms. The first-order valence-electron chi connectivity index (χ1n) is 6.61. The van der Waals surface area contributed by atoms with Crippen LogP contribution in [0.5, 0.6) is 0 Å². The van der Waals surface area contributed by atoms with Crippen LogP contribution in [0.25, 0.3) is 0 Å². The lowest BCUT2D eigenvalue weighted by Gasteiger charge is -2.16. The number of nitriles is 1. The molecule has 17 heavy (non-hydrogen) atoms. The summed E-state index contributed by atoms with van der Waals surface area (Å²) in [4.78, 5) is 0. The fraction of sp³-hybridized carbons (Fsp3) is 0.533. The molecular weight excluding hydrogens is 208 g/mol. The number of nitrogens with one attached hydrogen (secondary N) is 1. The summed E-state index contributed by atoms with van der Waals surface area (Å²) in [5, 5.41) is 12.5. The van der Waals surface area contributed by atoms with Gasteiger partial charge in [-0.15, -0.1) is 0 Å². The standard InChI is InChI=1S/C15H20N2/c16-11-13-6-5-7-14(10-13)12-17-15-8-3-1-2-4-9-15/h5-7,10,15,17H,1-4,8-9,12H2. The second-order valence-electron chi connectivity index (χ2n) is 4.88. The van der Waals surface area contributed by atoms with E-state index in [0.717, 1.165) is 12.1 Å². The van der Waals surface area contributed by atoms with Crippen molar-refractivity contribution in [3.05, 3.63) is 35.4 Å². The van der Waals surface area contributed by atoms with Gasteiger partial charge in [0.2, 0.25) is 0 Å². The Morgan fingerprint density at radius 1 is 1.18 bits per heavy atom. The zero-order valence-corrected chi connectivity index (χ0v) is 10.3. The highest BCUT2D eigenvalue weighted by Gasteiger charge is 2.11. The minimum Gasteiger partial charge on any atom is -0.310 e. The van der Waals surface area contributed by atoms with Gasteiger partial charge in [0.1, 0.15) is 0 Å². The summed E-state index contributed by atoms with van der Waals surface area (Å²) in [5.41, 5.74) is 1.97. The number of hydrogen-bond acceptors (Lipinski definition) is 2. The predicted molar refractivity (Wildman–Crippen MR) is 69.5 cm³/mol. The highest BCUT2D eigenvalue weighted by atomic mass is 14.9. The van der Waals surface area contributed by atoms with Gasteiger partial charge in [-0.2, -0.15) is 5.26 Å². The second kappa shape index (κ2) is 6.42. The Kier molecular flexibility index (Phi) is 4.58. The Balaban J connectivity index is 1.86. The van der Waals surface area contributed by atoms with Crippen molar-refractivity contribution >= 4 is 0 Å². The summed E-state index contributed by atoms with van der Waals surface area (Å²) < 4.78 is 0. The number of hydrogen-bond donors (Lipinski definition) is 1. The third-order valence-corrected chi connectivity index (χ3v) is 3.51. The van der Waals surface area contributed by atoms with E-state index in [9.17, 15) is 0 Å². The third-order valence-electron chi connectivity index (χ3n) is 3.51. The minimum absolute atomic E-state index is 0.670. The average Bonchev–Trinajstić information content (AvgIpc) is 2.65. The van der Waals surface area contributed by atoms with E-state index in [-0.39, 0.29) is 0 Å². The van der Waals surface area contributed by atoms with Gasteiger partial charge in [0.05, 0.1) is 11.6 Å². The van der Waals surface area contributed by atoms with Gasteiger partial charge in [-0.25, -0.2) is 0 Å². The van der Waals surface area contributed by atoms with E-state index in [1.165, 1.54) is 44.1 Å². The molecule has 1 aliphatic carbocycles. The molecule has 1 saturated carbocycles. The van der Waals surface area contributed by atoms with Crippen LogP contribution in [0.4, 0.5) is 0 Å². The van der Waals surface area contributed by atoms with Crippen molar-refractivity contribution in [3.63, 3.8) is 0 Å². The molecule has 0 spiro atoms. The molecule has 0 atom stereocenters. The fourth-order valence-corrected chi connectivity index (χ4v) is 2.50. The quantitative estimate of drug-likeness (QED) is 0.805. The Labute approximate surface area is 104 Å². The van der Waals surface area contributed by atoms with Gasteiger partial charge in [0.15, 0.2) is 0 Å². The van der Waals surface area contributed by atoms with Crippen molar-refractivity contribution < 1.29 is 0 Å². The number of benzene rings is 1. The Hall–Kier alpha value is -1.33. The van der Waals surface area contributed by atoms with E-state index in [0.29, 0.717) is 6.04 Å². The van der Waals surface area contributed by atoms with E-state index in [1.807, 2.05) is 18.2 Å². The summed E-state index contributed by atoms with van der Waals surface area (Å²) >= 11 is 0. The van der Waals surface area contributed by atoms with Crippen molar-refractivity contribution in [2.45, 2.75) is 51.1 Å². The summed E-state index contributed by atoms with van der Waals surface area (Å²) in [7, 11) is 0. The normalized spacial score (nSPS) is 17.4. The van der Waals surface area contributed by atoms with Gasteiger partial charge in [-0.3, -0.25) is 0 Å². The highest BCUT2D eigenvalue weighted by molar-refractivity contribution is 5.32. The smallest absolute Gasteiger partial charge is 0.0991 e. The van der Waals surface area contributed by atoms with Crippen LogP contribution in [-0.2, 0) is 6.54 Å².